The summed E-state index contributed by atoms with van der Waals surface area (Å²) in [7, 11) is 1.44. The fourth-order valence-electron chi connectivity index (χ4n) is 10.9. The van der Waals surface area contributed by atoms with Gasteiger partial charge in [-0.1, -0.05) is 98.0 Å². The molecule has 0 unspecified atom stereocenters. The molecular formula is C62H68Cl3F2N7O8S. The number of ether oxygens (including phenoxy) is 5. The van der Waals surface area contributed by atoms with Gasteiger partial charge in [0.1, 0.15) is 39.7 Å². The number of fused-ring (bicyclic) bond motifs is 3. The molecule has 0 radical (unpaired) electrons. The number of aryl methyl sites for hydroxylation is 2. The molecule has 4 heterocycles. The average molecular weight is 1220 g/mol. The van der Waals surface area contributed by atoms with Gasteiger partial charge >= 0.3 is 0 Å². The van der Waals surface area contributed by atoms with Crippen LogP contribution >= 0.6 is 46.1 Å². The van der Waals surface area contributed by atoms with Crippen LogP contribution in [-0.2, 0) is 40.4 Å². The zero-order valence-electron chi connectivity index (χ0n) is 47.5. The van der Waals surface area contributed by atoms with Gasteiger partial charge in [-0.25, -0.2) is 8.78 Å². The van der Waals surface area contributed by atoms with Gasteiger partial charge in [0.25, 0.3) is 0 Å². The summed E-state index contributed by atoms with van der Waals surface area (Å²) >= 11 is 20.4. The van der Waals surface area contributed by atoms with Crippen LogP contribution in [0, 0.1) is 49.2 Å². The Labute approximate surface area is 502 Å². The van der Waals surface area contributed by atoms with E-state index in [2.05, 4.69) is 40.7 Å². The highest BCUT2D eigenvalue weighted by Crippen LogP contribution is 2.53. The van der Waals surface area contributed by atoms with Gasteiger partial charge in [-0.05, 0) is 86.6 Å². The first-order chi connectivity index (χ1) is 39.8. The van der Waals surface area contributed by atoms with Crippen LogP contribution < -0.4 is 15.4 Å². The SMILES string of the molecule is COc1cc(C(=O)CCCOCCOCCOCCOCCNC(=O)C[C@@H]2N=C(c3ccc(Cl)cc3)c3c(sc(C)c3C)-n3c(C)nnc32)ccc1CC(=O)[C@H]1N[C@H](CC(C)(C)C)[C@@](C#N)(c2ccc(Cl)cc2F)[C@@H]1c1cccc(Cl)c1F. The average Bonchev–Trinajstić information content (AvgIpc) is 3.08. The van der Waals surface area contributed by atoms with E-state index in [-0.39, 0.29) is 52.1 Å². The highest BCUT2D eigenvalue weighted by atomic mass is 35.5. The van der Waals surface area contributed by atoms with E-state index in [9.17, 15) is 19.6 Å². The number of nitriles is 1. The molecule has 2 aromatic heterocycles. The minimum atomic E-state index is -1.77. The lowest BCUT2D eigenvalue weighted by Gasteiger charge is -2.37. The monoisotopic (exact) mass is 1210 g/mol. The Morgan fingerprint density at radius 2 is 1.53 bits per heavy atom. The van der Waals surface area contributed by atoms with E-state index < -0.39 is 52.3 Å². The number of halogens is 5. The van der Waals surface area contributed by atoms with E-state index in [1.165, 1.54) is 37.4 Å². The number of hydrogen-bond donors (Lipinski definition) is 2. The van der Waals surface area contributed by atoms with Gasteiger partial charge in [-0.15, -0.1) is 21.5 Å². The van der Waals surface area contributed by atoms with E-state index in [0.717, 1.165) is 44.2 Å². The number of nitrogens with zero attached hydrogens (tertiary/aromatic N) is 5. The lowest BCUT2D eigenvalue weighted by atomic mass is 9.62. The molecule has 0 aliphatic carbocycles. The molecule has 2 N–H and O–H groups in total. The Bertz CT molecular complexity index is 3380. The Balaban J connectivity index is 0.733. The second-order valence-electron chi connectivity index (χ2n) is 21.8. The Kier molecular flexibility index (Phi) is 21.5. The lowest BCUT2D eigenvalue weighted by Crippen LogP contribution is -2.44. The van der Waals surface area contributed by atoms with E-state index >= 15 is 8.78 Å². The van der Waals surface area contributed by atoms with Gasteiger partial charge in [0.15, 0.2) is 17.4 Å². The third-order valence-corrected chi connectivity index (χ3v) is 16.9. The summed E-state index contributed by atoms with van der Waals surface area (Å²) < 4.78 is 62.7. The largest absolute Gasteiger partial charge is 0.496 e. The third kappa shape index (κ3) is 14.8. The first-order valence-electron chi connectivity index (χ1n) is 27.5. The minimum absolute atomic E-state index is 0.00250. The molecule has 2 aliphatic rings. The normalized spacial score (nSPS) is 18.5. The molecule has 4 aromatic carbocycles. The maximum atomic E-state index is 16.2. The number of carbonyl (C=O) groups excluding carboxylic acids is 3. The van der Waals surface area contributed by atoms with E-state index in [1.54, 1.807) is 29.5 Å². The van der Waals surface area contributed by atoms with Crippen molar-refractivity contribution in [2.24, 2.45) is 10.4 Å². The Morgan fingerprint density at radius 1 is 0.855 bits per heavy atom. The second-order valence-corrected chi connectivity index (χ2v) is 24.3. The maximum absolute atomic E-state index is 16.2. The fraction of sp³-hybridized carbons (Fsp3) is 0.435. The van der Waals surface area contributed by atoms with Crippen molar-refractivity contribution in [2.45, 2.75) is 103 Å². The van der Waals surface area contributed by atoms with Crippen molar-refractivity contribution in [2.75, 3.05) is 66.5 Å². The number of nitrogens with one attached hydrogen (secondary N) is 2. The van der Waals surface area contributed by atoms with Crippen LogP contribution in [0.2, 0.25) is 15.1 Å². The molecule has 8 rings (SSSR count). The molecule has 1 saturated heterocycles. The molecule has 21 heteroatoms. The molecule has 6 aromatic rings. The highest BCUT2D eigenvalue weighted by Gasteiger charge is 2.61. The third-order valence-electron chi connectivity index (χ3n) is 14.9. The summed E-state index contributed by atoms with van der Waals surface area (Å²) in [5, 5.41) is 27.9. The van der Waals surface area contributed by atoms with Crippen LogP contribution in [0.3, 0.4) is 0 Å². The van der Waals surface area contributed by atoms with Crippen LogP contribution in [0.4, 0.5) is 8.78 Å². The van der Waals surface area contributed by atoms with Crippen LogP contribution in [-0.4, -0.2) is 117 Å². The Morgan fingerprint density at radius 3 is 2.19 bits per heavy atom. The Hall–Kier alpha value is -5.98. The number of aliphatic imine (C=N–C) groups is 1. The summed E-state index contributed by atoms with van der Waals surface area (Å²) in [6.07, 6.45) is 0.832. The van der Waals surface area contributed by atoms with Gasteiger partial charge in [0, 0.05) is 80.7 Å². The zero-order chi connectivity index (χ0) is 59.6. The summed E-state index contributed by atoms with van der Waals surface area (Å²) in [6, 6.07) is 20.6. The van der Waals surface area contributed by atoms with Crippen molar-refractivity contribution in [1.29, 1.82) is 5.26 Å². The summed E-state index contributed by atoms with van der Waals surface area (Å²) in [5.74, 6) is -1.89. The molecule has 1 fully saturated rings. The molecule has 0 saturated carbocycles. The maximum Gasteiger partial charge on any atom is 0.222 e. The number of aromatic nitrogens is 3. The molecule has 440 valence electrons. The molecule has 15 nitrogen and oxygen atoms in total. The number of ketones is 2. The number of rotatable bonds is 27. The zero-order valence-corrected chi connectivity index (χ0v) is 50.6. The smallest absolute Gasteiger partial charge is 0.222 e. The van der Waals surface area contributed by atoms with Crippen molar-refractivity contribution < 1.29 is 46.8 Å². The standard InChI is InChI=1S/C62H68Cl3F2N7O8S/c1-36-37(2)83-60-54(36)57(39-15-17-42(63)18-16-39)70-48(59-73-72-38(3)74(59)60)33-53(77)69-21-23-80-25-27-82-29-28-81-26-24-79-22-9-12-49(75)40-13-14-41(51(31-40)78-7)30-50(76)58-55(44-10-8-11-46(65)56(44)67)62(35-68,52(71-58)34-61(4,5)6)45-20-19-43(64)32-47(45)66/h8,10-11,13-20,31-32,48,52,55,58,71H,9,12,21-30,33-34H2,1-7H3,(H,69,77)/t48-,52+,55+,58+,62+/m0/s1. The van der Waals surface area contributed by atoms with Crippen molar-refractivity contribution >= 4 is 69.3 Å². The quantitative estimate of drug-likeness (QED) is 0.0367. The predicted molar refractivity (Wildman–Crippen MR) is 317 cm³/mol. The van der Waals surface area contributed by atoms with Gasteiger partial charge in [0.05, 0.1) is 82.6 Å². The minimum Gasteiger partial charge on any atom is -0.496 e. The number of carbonyl (C=O) groups is 3. The number of thiophene rings is 1. The van der Waals surface area contributed by atoms with Crippen LogP contribution in [0.5, 0.6) is 5.75 Å². The van der Waals surface area contributed by atoms with Crippen LogP contribution in [0.25, 0.3) is 5.00 Å². The van der Waals surface area contributed by atoms with Gasteiger partial charge in [-0.2, -0.15) is 5.26 Å². The number of amides is 1. The van der Waals surface area contributed by atoms with Crippen LogP contribution in [0.15, 0.2) is 83.9 Å². The predicted octanol–water partition coefficient (Wildman–Crippen LogP) is 11.8. The van der Waals surface area contributed by atoms with Crippen molar-refractivity contribution in [3.63, 3.8) is 0 Å². The number of benzene rings is 4. The van der Waals surface area contributed by atoms with E-state index in [1.807, 2.05) is 56.5 Å². The number of hydrogen-bond acceptors (Lipinski definition) is 14. The first-order valence-corrected chi connectivity index (χ1v) is 29.4. The fourth-order valence-corrected chi connectivity index (χ4v) is 12.5. The van der Waals surface area contributed by atoms with Crippen molar-refractivity contribution in [3.8, 4) is 16.8 Å². The lowest BCUT2D eigenvalue weighted by molar-refractivity contribution is -0.122. The van der Waals surface area contributed by atoms with E-state index in [4.69, 9.17) is 63.5 Å². The second kappa shape index (κ2) is 28.3. The van der Waals surface area contributed by atoms with Gasteiger partial charge in [-0.3, -0.25) is 23.9 Å². The number of Topliss-reactive ketones (excluding diaryl/α,β-unsaturated/α-hetero) is 2. The molecule has 5 atom stereocenters. The highest BCUT2D eigenvalue weighted by molar-refractivity contribution is 7.15. The molecule has 83 heavy (non-hydrogen) atoms. The number of methoxy groups -OCH3 is 1. The molecule has 0 spiro atoms. The summed E-state index contributed by atoms with van der Waals surface area (Å²) in [5.41, 5.74) is 2.45. The van der Waals surface area contributed by atoms with E-state index in [0.29, 0.717) is 100.0 Å². The topological polar surface area (TPSA) is 188 Å². The van der Waals surface area contributed by atoms with Gasteiger partial charge in [0.2, 0.25) is 5.91 Å². The summed E-state index contributed by atoms with van der Waals surface area (Å²) in [4.78, 5) is 47.6. The molecule has 0 bridgehead atoms. The van der Waals surface area contributed by atoms with Crippen molar-refractivity contribution in [3.05, 3.63) is 161 Å². The van der Waals surface area contributed by atoms with Crippen molar-refractivity contribution in [1.82, 2.24) is 25.4 Å². The molecule has 1 amide bonds. The van der Waals surface area contributed by atoms with Crippen LogP contribution in [0.1, 0.15) is 119 Å². The molecular weight excluding hydrogens is 1150 g/mol. The first kappa shape index (κ1) is 63.1. The molecule has 2 aliphatic heterocycles. The summed E-state index contributed by atoms with van der Waals surface area (Å²) in [6.45, 7) is 15.0. The van der Waals surface area contributed by atoms with Gasteiger partial charge < -0.3 is 34.3 Å².